The van der Waals surface area contributed by atoms with E-state index in [0.29, 0.717) is 6.54 Å². The van der Waals surface area contributed by atoms with Crippen LogP contribution in [0.3, 0.4) is 0 Å². The fraction of sp³-hybridized carbons (Fsp3) is 1.00. The first kappa shape index (κ1) is 14.0. The van der Waals surface area contributed by atoms with Crippen LogP contribution in [0.4, 0.5) is 0 Å². The molecule has 5 heteroatoms. The van der Waals surface area contributed by atoms with E-state index in [-0.39, 0.29) is 0 Å². The van der Waals surface area contributed by atoms with Gasteiger partial charge in [-0.3, -0.25) is 4.55 Å². The van der Waals surface area contributed by atoms with Gasteiger partial charge in [-0.1, -0.05) is 13.3 Å². The van der Waals surface area contributed by atoms with Gasteiger partial charge in [-0.15, -0.1) is 0 Å². The molecule has 14 heavy (non-hydrogen) atoms. The SMILES string of the molecule is CCCCOCCCCCNS(=O)O. The van der Waals surface area contributed by atoms with E-state index in [9.17, 15) is 4.21 Å². The Morgan fingerprint density at radius 2 is 1.93 bits per heavy atom. The Hall–Kier alpha value is 0.0300. The zero-order valence-corrected chi connectivity index (χ0v) is 9.65. The summed E-state index contributed by atoms with van der Waals surface area (Å²) in [6.45, 7) is 4.40. The third-order valence-electron chi connectivity index (χ3n) is 1.83. The lowest BCUT2D eigenvalue weighted by molar-refractivity contribution is 0.127. The maximum Gasteiger partial charge on any atom is 0.231 e. The van der Waals surface area contributed by atoms with Crippen LogP contribution in [0.15, 0.2) is 0 Å². The molecule has 0 amide bonds. The third-order valence-corrected chi connectivity index (χ3v) is 2.28. The van der Waals surface area contributed by atoms with Gasteiger partial charge >= 0.3 is 0 Å². The fourth-order valence-corrected chi connectivity index (χ4v) is 1.33. The third kappa shape index (κ3) is 12.0. The molecule has 0 aromatic rings. The van der Waals surface area contributed by atoms with Crippen molar-refractivity contribution in [2.24, 2.45) is 0 Å². The van der Waals surface area contributed by atoms with Gasteiger partial charge in [-0.2, -0.15) is 0 Å². The first-order valence-electron chi connectivity index (χ1n) is 5.19. The second-order valence-corrected chi connectivity index (χ2v) is 3.96. The van der Waals surface area contributed by atoms with E-state index in [0.717, 1.165) is 38.9 Å². The number of nitrogens with one attached hydrogen (secondary N) is 1. The molecule has 2 N–H and O–H groups in total. The molecular formula is C9H21NO3S. The van der Waals surface area contributed by atoms with Crippen molar-refractivity contribution in [1.82, 2.24) is 4.72 Å². The van der Waals surface area contributed by atoms with E-state index < -0.39 is 11.3 Å². The first-order valence-corrected chi connectivity index (χ1v) is 6.30. The van der Waals surface area contributed by atoms with Crippen molar-refractivity contribution in [1.29, 1.82) is 0 Å². The Morgan fingerprint density at radius 1 is 1.21 bits per heavy atom. The van der Waals surface area contributed by atoms with Crippen LogP contribution in [0.2, 0.25) is 0 Å². The minimum atomic E-state index is -1.86. The van der Waals surface area contributed by atoms with E-state index in [1.807, 2.05) is 0 Å². The maximum absolute atomic E-state index is 10.2. The van der Waals surface area contributed by atoms with Gasteiger partial charge in [-0.25, -0.2) is 8.93 Å². The maximum atomic E-state index is 10.2. The molecule has 0 rings (SSSR count). The lowest BCUT2D eigenvalue weighted by Gasteiger charge is -2.03. The number of hydrogen-bond acceptors (Lipinski definition) is 2. The summed E-state index contributed by atoms with van der Waals surface area (Å²) >= 11 is -1.86. The van der Waals surface area contributed by atoms with Crippen LogP contribution in [0.1, 0.15) is 39.0 Å². The molecule has 0 aliphatic heterocycles. The van der Waals surface area contributed by atoms with Crippen molar-refractivity contribution in [2.45, 2.75) is 39.0 Å². The monoisotopic (exact) mass is 223 g/mol. The molecule has 1 atom stereocenters. The molecular weight excluding hydrogens is 202 g/mol. The summed E-state index contributed by atoms with van der Waals surface area (Å²) in [7, 11) is 0. The second kappa shape index (κ2) is 11.1. The summed E-state index contributed by atoms with van der Waals surface area (Å²) in [5.41, 5.74) is 0. The Balaban J connectivity index is 2.88. The summed E-state index contributed by atoms with van der Waals surface area (Å²) < 4.78 is 26.4. The number of hydrogen-bond donors (Lipinski definition) is 2. The molecule has 0 saturated carbocycles. The lowest BCUT2D eigenvalue weighted by Crippen LogP contribution is -2.17. The smallest absolute Gasteiger partial charge is 0.231 e. The molecule has 0 aromatic carbocycles. The van der Waals surface area contributed by atoms with E-state index in [1.165, 1.54) is 6.42 Å². The van der Waals surface area contributed by atoms with Crippen molar-refractivity contribution in [3.63, 3.8) is 0 Å². The average molecular weight is 223 g/mol. The molecule has 0 aromatic heterocycles. The number of ether oxygens (including phenoxy) is 1. The molecule has 0 saturated heterocycles. The second-order valence-electron chi connectivity index (χ2n) is 3.17. The molecule has 0 heterocycles. The highest BCUT2D eigenvalue weighted by Gasteiger charge is 1.92. The van der Waals surface area contributed by atoms with Gasteiger partial charge in [0.15, 0.2) is 0 Å². The largest absolute Gasteiger partial charge is 0.381 e. The molecule has 0 bridgehead atoms. The summed E-state index contributed by atoms with van der Waals surface area (Å²) in [5, 5.41) is 0. The molecule has 4 nitrogen and oxygen atoms in total. The molecule has 0 radical (unpaired) electrons. The van der Waals surface area contributed by atoms with Gasteiger partial charge in [0.2, 0.25) is 11.3 Å². The van der Waals surface area contributed by atoms with Gasteiger partial charge < -0.3 is 4.74 Å². The average Bonchev–Trinajstić information content (AvgIpc) is 2.15. The summed E-state index contributed by atoms with van der Waals surface area (Å²) in [4.78, 5) is 0. The topological polar surface area (TPSA) is 58.6 Å². The molecule has 0 aliphatic carbocycles. The van der Waals surface area contributed by atoms with Gasteiger partial charge in [-0.05, 0) is 25.7 Å². The van der Waals surface area contributed by atoms with E-state index >= 15 is 0 Å². The van der Waals surface area contributed by atoms with Crippen LogP contribution in [-0.4, -0.2) is 28.5 Å². The minimum absolute atomic E-state index is 0.595. The molecule has 86 valence electrons. The quantitative estimate of drug-likeness (QED) is 0.438. The normalized spacial score (nSPS) is 13.0. The Morgan fingerprint density at radius 3 is 2.57 bits per heavy atom. The zero-order chi connectivity index (χ0) is 10.6. The van der Waals surface area contributed by atoms with E-state index in [1.54, 1.807) is 0 Å². The molecule has 0 spiro atoms. The predicted molar refractivity (Wildman–Crippen MR) is 58.4 cm³/mol. The van der Waals surface area contributed by atoms with Crippen molar-refractivity contribution >= 4 is 11.3 Å². The summed E-state index contributed by atoms with van der Waals surface area (Å²) in [5.74, 6) is 0. The van der Waals surface area contributed by atoms with Crippen LogP contribution < -0.4 is 4.72 Å². The minimum Gasteiger partial charge on any atom is -0.381 e. The Labute approximate surface area is 88.8 Å². The molecule has 0 fully saturated rings. The van der Waals surface area contributed by atoms with Crippen LogP contribution in [0.25, 0.3) is 0 Å². The van der Waals surface area contributed by atoms with Gasteiger partial charge in [0.05, 0.1) is 0 Å². The van der Waals surface area contributed by atoms with Crippen molar-refractivity contribution in [2.75, 3.05) is 19.8 Å². The molecule has 0 aliphatic rings. The lowest BCUT2D eigenvalue weighted by atomic mass is 10.2. The predicted octanol–water partition coefficient (Wildman–Crippen LogP) is 1.70. The van der Waals surface area contributed by atoms with E-state index in [4.69, 9.17) is 9.29 Å². The van der Waals surface area contributed by atoms with Crippen LogP contribution in [0, 0.1) is 0 Å². The zero-order valence-electron chi connectivity index (χ0n) is 8.83. The van der Waals surface area contributed by atoms with Crippen molar-refractivity contribution in [3.8, 4) is 0 Å². The highest BCUT2D eigenvalue weighted by atomic mass is 32.2. The molecule has 1 unspecified atom stereocenters. The van der Waals surface area contributed by atoms with Gasteiger partial charge in [0, 0.05) is 19.8 Å². The van der Waals surface area contributed by atoms with Gasteiger partial charge in [0.25, 0.3) is 0 Å². The van der Waals surface area contributed by atoms with Crippen molar-refractivity contribution < 1.29 is 13.5 Å². The van der Waals surface area contributed by atoms with Crippen LogP contribution in [-0.2, 0) is 16.0 Å². The van der Waals surface area contributed by atoms with Crippen LogP contribution in [0.5, 0.6) is 0 Å². The highest BCUT2D eigenvalue weighted by Crippen LogP contribution is 1.96. The Kier molecular flexibility index (Phi) is 11.1. The summed E-state index contributed by atoms with van der Waals surface area (Å²) in [6.07, 6.45) is 5.29. The van der Waals surface area contributed by atoms with Gasteiger partial charge in [0.1, 0.15) is 0 Å². The van der Waals surface area contributed by atoms with Crippen molar-refractivity contribution in [3.05, 3.63) is 0 Å². The van der Waals surface area contributed by atoms with Crippen LogP contribution >= 0.6 is 0 Å². The fourth-order valence-electron chi connectivity index (χ4n) is 1.01. The number of rotatable bonds is 10. The number of unbranched alkanes of at least 4 members (excludes halogenated alkanes) is 3. The Bertz CT molecular complexity index is 144. The van der Waals surface area contributed by atoms with E-state index in [2.05, 4.69) is 11.6 Å². The first-order chi connectivity index (χ1) is 6.77. The standard InChI is InChI=1S/C9H21NO3S/c1-2-3-8-13-9-6-4-5-7-10-14(11)12/h10H,2-9H2,1H3,(H,11,12). The summed E-state index contributed by atoms with van der Waals surface area (Å²) in [6, 6.07) is 0. The highest BCUT2D eigenvalue weighted by molar-refractivity contribution is 7.77.